The highest BCUT2D eigenvalue weighted by molar-refractivity contribution is 5.92. The number of hydrogen-bond acceptors (Lipinski definition) is 13. The van der Waals surface area contributed by atoms with Crippen LogP contribution in [0.25, 0.3) is 0 Å². The van der Waals surface area contributed by atoms with Crippen LogP contribution in [0.2, 0.25) is 0 Å². The Balaban J connectivity index is 0.000000541. The number of nitrogens with one attached hydrogen (secondary N) is 1. The van der Waals surface area contributed by atoms with E-state index in [1.165, 1.54) is 0 Å². The number of cyclic esters (lactones) is 1. The number of alkyl halides is 1. The number of aliphatic hydroxyl groups excluding tert-OH is 2. The molecule has 15 atom stereocenters. The average molecular weight is 971 g/mol. The van der Waals surface area contributed by atoms with Gasteiger partial charge in [0.25, 0.3) is 0 Å². The highest BCUT2D eigenvalue weighted by Gasteiger charge is 2.40. The van der Waals surface area contributed by atoms with Crippen LogP contribution in [0.4, 0.5) is 4.39 Å². The zero-order valence-electron chi connectivity index (χ0n) is 44.8. The summed E-state index contributed by atoms with van der Waals surface area (Å²) in [6, 6.07) is 6.12. The number of halogens is 1. The number of hydrogen-bond donors (Lipinski definition) is 5. The van der Waals surface area contributed by atoms with Crippen molar-refractivity contribution in [2.45, 2.75) is 195 Å². The van der Waals surface area contributed by atoms with Crippen molar-refractivity contribution in [1.82, 2.24) is 15.1 Å². The largest absolute Gasteiger partial charge is 0.462 e. The van der Waals surface area contributed by atoms with E-state index in [1.807, 2.05) is 79.3 Å². The van der Waals surface area contributed by atoms with Crippen LogP contribution in [0.1, 0.15) is 144 Å². The minimum absolute atomic E-state index is 0.00325. The van der Waals surface area contributed by atoms with E-state index in [2.05, 4.69) is 33.0 Å². The highest BCUT2D eigenvalue weighted by atomic mass is 19.1. The molecule has 3 saturated heterocycles. The number of ether oxygens (including phenoxy) is 5. The third-order valence-corrected chi connectivity index (χ3v) is 14.2. The molecule has 68 heavy (non-hydrogen) atoms. The van der Waals surface area contributed by atoms with E-state index in [0.717, 1.165) is 25.0 Å². The van der Waals surface area contributed by atoms with Crippen LogP contribution in [-0.4, -0.2) is 158 Å². The van der Waals surface area contributed by atoms with Gasteiger partial charge in [-0.2, -0.15) is 0 Å². The van der Waals surface area contributed by atoms with Gasteiger partial charge < -0.3 is 55.0 Å². The molecule has 16 heteroatoms. The summed E-state index contributed by atoms with van der Waals surface area (Å²) in [5.74, 6) is -1.01. The number of carbonyl (C=O) groups is 3. The molecule has 7 unspecified atom stereocenters. The van der Waals surface area contributed by atoms with Crippen molar-refractivity contribution in [2.75, 3.05) is 54.7 Å². The molecule has 3 aliphatic heterocycles. The maximum Gasteiger partial charge on any atom is 0.311 e. The number of aliphatic hydroxyl groups is 3. The molecule has 3 heterocycles. The molecule has 1 aromatic carbocycles. The number of amides is 2. The van der Waals surface area contributed by atoms with Gasteiger partial charge in [0.1, 0.15) is 19.0 Å². The van der Waals surface area contributed by atoms with Gasteiger partial charge in [0.05, 0.1) is 41.5 Å². The standard InChI is InChI=1S/C21H41NO5.C20H30FN3O4.C9H18O2.C2H6/c1-9-17-15(4)19(23)22(7)12-13(2)10-21(6,25)11-14(3)18(26-8)16(5)20(24)27-17;1-13-9-17(11-19(26)28-13)24(2)8-7-18(25)23-16(12-21)10-14-3-5-15(6-4-14)20(22)27;1-7-8(2)11-6-5-9(7,3)10-4;1-2/h13-19,23,25H,9-12H2,1-8H3;3-6,13,16-17,19,26H,7-12H2,1-2H3,(H2,22,27)(H,23,25);7-8H,5-6H2,1-4H3;1-2H3/t13-,14-,15+,16?,17-,18+,19?,21-;;7-,8?,9+;/m1.0./s1. The molecule has 0 bridgehead atoms. The zero-order chi connectivity index (χ0) is 52.1. The molecular formula is C52H95FN4O11. The van der Waals surface area contributed by atoms with Crippen molar-refractivity contribution in [3.8, 4) is 0 Å². The van der Waals surface area contributed by atoms with Gasteiger partial charge in [-0.15, -0.1) is 0 Å². The lowest BCUT2D eigenvalue weighted by Crippen LogP contribution is -2.47. The fraction of sp³-hybridized carbons (Fsp3) is 0.827. The van der Waals surface area contributed by atoms with Crippen molar-refractivity contribution >= 4 is 17.8 Å². The Morgan fingerprint density at radius 3 is 2.16 bits per heavy atom. The predicted octanol–water partition coefficient (Wildman–Crippen LogP) is 6.52. The smallest absolute Gasteiger partial charge is 0.311 e. The first-order valence-electron chi connectivity index (χ1n) is 25.1. The Kier molecular flexibility index (Phi) is 28.7. The number of methoxy groups -OCH3 is 2. The Hall–Kier alpha value is -2.80. The van der Waals surface area contributed by atoms with Crippen LogP contribution >= 0.6 is 0 Å². The number of benzene rings is 1. The molecule has 0 aromatic heterocycles. The maximum absolute atomic E-state index is 13.3. The number of esters is 1. The van der Waals surface area contributed by atoms with Gasteiger partial charge in [0.15, 0.2) is 6.29 Å². The lowest BCUT2D eigenvalue weighted by molar-refractivity contribution is -0.173. The summed E-state index contributed by atoms with van der Waals surface area (Å²) in [4.78, 5) is 40.0. The molecule has 0 radical (unpaired) electrons. The first-order valence-corrected chi connectivity index (χ1v) is 25.1. The van der Waals surface area contributed by atoms with Gasteiger partial charge in [0.2, 0.25) is 11.8 Å². The van der Waals surface area contributed by atoms with Crippen molar-refractivity contribution in [3.63, 3.8) is 0 Å². The quantitative estimate of drug-likeness (QED) is 0.142. The van der Waals surface area contributed by atoms with E-state index in [-0.39, 0.29) is 66.0 Å². The van der Waals surface area contributed by atoms with Crippen LogP contribution in [0.15, 0.2) is 24.3 Å². The summed E-state index contributed by atoms with van der Waals surface area (Å²) >= 11 is 0. The van der Waals surface area contributed by atoms with Crippen molar-refractivity contribution in [1.29, 1.82) is 0 Å². The van der Waals surface area contributed by atoms with Gasteiger partial charge in [-0.3, -0.25) is 19.3 Å². The lowest BCUT2D eigenvalue weighted by atomic mass is 9.80. The third-order valence-electron chi connectivity index (χ3n) is 14.2. The summed E-state index contributed by atoms with van der Waals surface area (Å²) in [6.07, 6.45) is 2.81. The molecule has 396 valence electrons. The fourth-order valence-corrected chi connectivity index (χ4v) is 9.83. The number of nitrogens with two attached hydrogens (primary N) is 1. The Bertz CT molecular complexity index is 1580. The topological polar surface area (TPSA) is 203 Å². The van der Waals surface area contributed by atoms with Gasteiger partial charge in [0, 0.05) is 70.2 Å². The van der Waals surface area contributed by atoms with Crippen LogP contribution in [0.3, 0.4) is 0 Å². The summed E-state index contributed by atoms with van der Waals surface area (Å²) in [7, 11) is 7.17. The molecule has 6 N–H and O–H groups in total. The number of nitrogens with zero attached hydrogens (tertiary/aromatic N) is 2. The van der Waals surface area contributed by atoms with E-state index in [4.69, 9.17) is 29.4 Å². The molecule has 0 spiro atoms. The van der Waals surface area contributed by atoms with Gasteiger partial charge in [-0.25, -0.2) is 4.39 Å². The van der Waals surface area contributed by atoms with Crippen LogP contribution in [0.5, 0.6) is 0 Å². The normalized spacial score (nSPS) is 34.5. The van der Waals surface area contributed by atoms with Gasteiger partial charge in [-0.1, -0.05) is 60.6 Å². The van der Waals surface area contributed by atoms with E-state index in [0.29, 0.717) is 62.8 Å². The van der Waals surface area contributed by atoms with E-state index < -0.39 is 42.7 Å². The molecule has 0 saturated carbocycles. The van der Waals surface area contributed by atoms with Crippen LogP contribution < -0.4 is 11.1 Å². The minimum Gasteiger partial charge on any atom is -0.462 e. The summed E-state index contributed by atoms with van der Waals surface area (Å²) in [5, 5.41) is 34.1. The average Bonchev–Trinajstić information content (AvgIpc) is 3.28. The Morgan fingerprint density at radius 2 is 1.65 bits per heavy atom. The number of primary amides is 1. The van der Waals surface area contributed by atoms with Crippen LogP contribution in [-0.2, 0) is 39.7 Å². The Morgan fingerprint density at radius 1 is 1.03 bits per heavy atom. The van der Waals surface area contributed by atoms with Crippen molar-refractivity contribution in [2.24, 2.45) is 35.3 Å². The number of rotatable bonds is 12. The summed E-state index contributed by atoms with van der Waals surface area (Å²) in [5.41, 5.74) is 5.56. The molecule has 2 amide bonds. The number of carbonyl (C=O) groups excluding carboxylic acids is 3. The minimum atomic E-state index is -0.868. The second-order valence-corrected chi connectivity index (χ2v) is 20.1. The summed E-state index contributed by atoms with van der Waals surface area (Å²) in [6.45, 7) is 25.3. The molecule has 3 fully saturated rings. The first kappa shape index (κ1) is 63.2. The Labute approximate surface area is 409 Å². The molecule has 0 aliphatic carbocycles. The third kappa shape index (κ3) is 20.9. The zero-order valence-corrected chi connectivity index (χ0v) is 44.8. The SMILES string of the molecule is CC.CC1CC(N(C)CCC(=O)NC(CF)Cc2ccc(C(N)=O)cc2)CC(O)O1.CC[C@H]1OC(=O)C(C)[C@@H](OC)[C@H](C)C[C@](C)(O)C[C@@H](C)CN(C)C(O)[C@H]1C.CO[C@]1(C)CCOC(C)[C@@H]1C. The molecule has 3 aliphatic rings. The molecule has 4 rings (SSSR count). The monoisotopic (exact) mass is 971 g/mol. The molecule has 1 aromatic rings. The molecular weight excluding hydrogens is 876 g/mol. The lowest BCUT2D eigenvalue weighted by Gasteiger charge is -2.42. The van der Waals surface area contributed by atoms with Crippen molar-refractivity contribution < 1.29 is 57.8 Å². The highest BCUT2D eigenvalue weighted by Crippen LogP contribution is 2.34. The maximum atomic E-state index is 13.3. The van der Waals surface area contributed by atoms with Gasteiger partial charge >= 0.3 is 5.97 Å². The van der Waals surface area contributed by atoms with Crippen LogP contribution in [0, 0.1) is 29.6 Å². The second-order valence-electron chi connectivity index (χ2n) is 20.1. The van der Waals surface area contributed by atoms with Crippen molar-refractivity contribution in [3.05, 3.63) is 35.4 Å². The van der Waals surface area contributed by atoms with Gasteiger partial charge in [-0.05, 0) is 117 Å². The van der Waals surface area contributed by atoms with E-state index in [1.54, 1.807) is 38.5 Å². The van der Waals surface area contributed by atoms with E-state index in [9.17, 15) is 34.1 Å². The molecule has 15 nitrogen and oxygen atoms in total. The predicted molar refractivity (Wildman–Crippen MR) is 265 cm³/mol. The fourth-order valence-electron chi connectivity index (χ4n) is 9.83. The second kappa shape index (κ2) is 30.8. The summed E-state index contributed by atoms with van der Waals surface area (Å²) < 4.78 is 41.1. The van der Waals surface area contributed by atoms with E-state index >= 15 is 0 Å². The first-order chi connectivity index (χ1) is 31.8.